The smallest absolute Gasteiger partial charge is 0.255 e. The first kappa shape index (κ1) is 22.2. The molecule has 3 aromatic carbocycles. The Morgan fingerprint density at radius 1 is 0.935 bits per heavy atom. The third-order valence-electron chi connectivity index (χ3n) is 4.53. The van der Waals surface area contributed by atoms with Crippen LogP contribution in [0.4, 0.5) is 11.4 Å². The van der Waals surface area contributed by atoms with Crippen LogP contribution in [-0.2, 0) is 11.4 Å². The molecule has 2 amide bonds. The SMILES string of the molecule is COc1cc(C(=O)Nc2ccc(NC(C)=O)c(C)c2)ccc1OCc1ccc(Cl)cc1. The van der Waals surface area contributed by atoms with Crippen molar-refractivity contribution in [3.8, 4) is 11.5 Å². The summed E-state index contributed by atoms with van der Waals surface area (Å²) in [6.07, 6.45) is 0. The second-order valence-electron chi connectivity index (χ2n) is 6.95. The van der Waals surface area contributed by atoms with Crippen molar-refractivity contribution in [3.05, 3.63) is 82.4 Å². The fourth-order valence-corrected chi connectivity index (χ4v) is 3.07. The largest absolute Gasteiger partial charge is 0.493 e. The van der Waals surface area contributed by atoms with Gasteiger partial charge in [0.2, 0.25) is 5.91 Å². The van der Waals surface area contributed by atoms with Gasteiger partial charge in [0.05, 0.1) is 7.11 Å². The van der Waals surface area contributed by atoms with E-state index in [1.807, 2.05) is 19.1 Å². The Bertz CT molecular complexity index is 1100. The maximum atomic E-state index is 12.7. The van der Waals surface area contributed by atoms with Gasteiger partial charge in [-0.05, 0) is 66.6 Å². The summed E-state index contributed by atoms with van der Waals surface area (Å²) in [5.41, 5.74) is 3.56. The summed E-state index contributed by atoms with van der Waals surface area (Å²) in [6.45, 7) is 3.65. The zero-order chi connectivity index (χ0) is 22.4. The van der Waals surface area contributed by atoms with E-state index in [0.29, 0.717) is 40.1 Å². The molecule has 0 bridgehead atoms. The van der Waals surface area contributed by atoms with E-state index in [0.717, 1.165) is 11.1 Å². The van der Waals surface area contributed by atoms with Gasteiger partial charge in [-0.1, -0.05) is 23.7 Å². The minimum absolute atomic E-state index is 0.148. The third-order valence-corrected chi connectivity index (χ3v) is 4.78. The first-order chi connectivity index (χ1) is 14.9. The Hall–Kier alpha value is -3.51. The standard InChI is InChI=1S/C24H23ClN2O4/c1-15-12-20(9-10-21(15)26-16(2)28)27-24(29)18-6-11-22(23(13-18)30-3)31-14-17-4-7-19(25)8-5-17/h4-13H,14H2,1-3H3,(H,26,28)(H,27,29). The maximum Gasteiger partial charge on any atom is 0.255 e. The summed E-state index contributed by atoms with van der Waals surface area (Å²) in [5.74, 6) is 0.558. The van der Waals surface area contributed by atoms with Crippen molar-refractivity contribution in [2.45, 2.75) is 20.5 Å². The molecule has 0 atom stereocenters. The van der Waals surface area contributed by atoms with Crippen molar-refractivity contribution in [2.75, 3.05) is 17.7 Å². The summed E-state index contributed by atoms with van der Waals surface area (Å²) in [5, 5.41) is 6.26. The highest BCUT2D eigenvalue weighted by Gasteiger charge is 2.13. The van der Waals surface area contributed by atoms with Crippen molar-refractivity contribution in [2.24, 2.45) is 0 Å². The van der Waals surface area contributed by atoms with E-state index in [9.17, 15) is 9.59 Å². The second-order valence-corrected chi connectivity index (χ2v) is 7.38. The zero-order valence-corrected chi connectivity index (χ0v) is 18.2. The van der Waals surface area contributed by atoms with E-state index < -0.39 is 0 Å². The number of carbonyl (C=O) groups is 2. The molecule has 0 saturated carbocycles. The highest BCUT2D eigenvalue weighted by atomic mass is 35.5. The maximum absolute atomic E-state index is 12.7. The zero-order valence-electron chi connectivity index (χ0n) is 17.5. The van der Waals surface area contributed by atoms with Crippen molar-refractivity contribution in [3.63, 3.8) is 0 Å². The number of benzene rings is 3. The third kappa shape index (κ3) is 5.99. The fraction of sp³-hybridized carbons (Fsp3) is 0.167. The number of hydrogen-bond acceptors (Lipinski definition) is 4. The molecule has 3 aromatic rings. The lowest BCUT2D eigenvalue weighted by Crippen LogP contribution is -2.13. The van der Waals surface area contributed by atoms with Crippen LogP contribution in [0.2, 0.25) is 5.02 Å². The average molecular weight is 439 g/mol. The number of rotatable bonds is 7. The minimum Gasteiger partial charge on any atom is -0.493 e. The summed E-state index contributed by atoms with van der Waals surface area (Å²) in [4.78, 5) is 23.9. The number of halogens is 1. The van der Waals surface area contributed by atoms with Gasteiger partial charge in [-0.2, -0.15) is 0 Å². The van der Waals surface area contributed by atoms with Gasteiger partial charge in [0.15, 0.2) is 11.5 Å². The molecule has 160 valence electrons. The lowest BCUT2D eigenvalue weighted by atomic mass is 10.1. The van der Waals surface area contributed by atoms with E-state index in [-0.39, 0.29) is 11.8 Å². The van der Waals surface area contributed by atoms with Gasteiger partial charge in [-0.25, -0.2) is 0 Å². The van der Waals surface area contributed by atoms with Crippen molar-refractivity contribution >= 4 is 34.8 Å². The second kappa shape index (κ2) is 10.00. The van der Waals surface area contributed by atoms with E-state index in [1.54, 1.807) is 48.5 Å². The predicted molar refractivity (Wildman–Crippen MR) is 122 cm³/mol. The number of ether oxygens (including phenoxy) is 2. The van der Waals surface area contributed by atoms with Crippen LogP contribution in [-0.4, -0.2) is 18.9 Å². The first-order valence-corrected chi connectivity index (χ1v) is 9.98. The Kier molecular flexibility index (Phi) is 7.15. The molecule has 0 saturated heterocycles. The summed E-state index contributed by atoms with van der Waals surface area (Å²) >= 11 is 5.90. The fourth-order valence-electron chi connectivity index (χ4n) is 2.94. The summed E-state index contributed by atoms with van der Waals surface area (Å²) in [6, 6.07) is 17.7. The number of aryl methyl sites for hydroxylation is 1. The average Bonchev–Trinajstić information content (AvgIpc) is 2.75. The van der Waals surface area contributed by atoms with Crippen LogP contribution in [0.3, 0.4) is 0 Å². The lowest BCUT2D eigenvalue weighted by molar-refractivity contribution is -0.114. The van der Waals surface area contributed by atoms with E-state index in [1.165, 1.54) is 14.0 Å². The van der Waals surface area contributed by atoms with Crippen molar-refractivity contribution in [1.29, 1.82) is 0 Å². The van der Waals surface area contributed by atoms with Gasteiger partial charge >= 0.3 is 0 Å². The molecule has 31 heavy (non-hydrogen) atoms. The number of anilines is 2. The van der Waals surface area contributed by atoms with E-state index in [2.05, 4.69) is 10.6 Å². The van der Waals surface area contributed by atoms with Gasteiger partial charge in [0.25, 0.3) is 5.91 Å². The molecule has 0 fully saturated rings. The topological polar surface area (TPSA) is 76.7 Å². The molecule has 0 radical (unpaired) electrons. The highest BCUT2D eigenvalue weighted by Crippen LogP contribution is 2.29. The Morgan fingerprint density at radius 3 is 2.32 bits per heavy atom. The monoisotopic (exact) mass is 438 g/mol. The minimum atomic E-state index is -0.283. The van der Waals surface area contributed by atoms with Gasteiger partial charge < -0.3 is 20.1 Å². The van der Waals surface area contributed by atoms with Gasteiger partial charge in [0, 0.05) is 28.9 Å². The van der Waals surface area contributed by atoms with Crippen LogP contribution in [0.15, 0.2) is 60.7 Å². The van der Waals surface area contributed by atoms with Crippen LogP contribution in [0.5, 0.6) is 11.5 Å². The molecule has 0 aromatic heterocycles. The number of hydrogen-bond donors (Lipinski definition) is 2. The quantitative estimate of drug-likeness (QED) is 0.514. The predicted octanol–water partition coefficient (Wildman–Crippen LogP) is 5.45. The van der Waals surface area contributed by atoms with Gasteiger partial charge in [0.1, 0.15) is 6.61 Å². The van der Waals surface area contributed by atoms with Gasteiger partial charge in [-0.3, -0.25) is 9.59 Å². The van der Waals surface area contributed by atoms with Crippen LogP contribution in [0.25, 0.3) is 0 Å². The van der Waals surface area contributed by atoms with Crippen molar-refractivity contribution < 1.29 is 19.1 Å². The molecular weight excluding hydrogens is 416 g/mol. The van der Waals surface area contributed by atoms with Crippen LogP contribution >= 0.6 is 11.6 Å². The van der Waals surface area contributed by atoms with Gasteiger partial charge in [-0.15, -0.1) is 0 Å². The van der Waals surface area contributed by atoms with Crippen LogP contribution in [0, 0.1) is 6.92 Å². The molecule has 6 nitrogen and oxygen atoms in total. The molecular formula is C24H23ClN2O4. The van der Waals surface area contributed by atoms with Crippen LogP contribution < -0.4 is 20.1 Å². The molecule has 0 heterocycles. The first-order valence-electron chi connectivity index (χ1n) is 9.60. The van der Waals surface area contributed by atoms with E-state index in [4.69, 9.17) is 21.1 Å². The molecule has 3 rings (SSSR count). The summed E-state index contributed by atoms with van der Waals surface area (Å²) < 4.78 is 11.2. The molecule has 0 aliphatic rings. The Balaban J connectivity index is 1.69. The highest BCUT2D eigenvalue weighted by molar-refractivity contribution is 6.30. The Morgan fingerprint density at radius 2 is 1.68 bits per heavy atom. The molecule has 0 unspecified atom stereocenters. The number of amides is 2. The Labute approximate surface area is 186 Å². The normalized spacial score (nSPS) is 10.3. The lowest BCUT2D eigenvalue weighted by Gasteiger charge is -2.13. The molecule has 7 heteroatoms. The molecule has 2 N–H and O–H groups in total. The number of nitrogens with one attached hydrogen (secondary N) is 2. The molecule has 0 aliphatic carbocycles. The number of carbonyl (C=O) groups excluding carboxylic acids is 2. The van der Waals surface area contributed by atoms with E-state index >= 15 is 0 Å². The summed E-state index contributed by atoms with van der Waals surface area (Å²) in [7, 11) is 1.52. The molecule has 0 aliphatic heterocycles. The number of methoxy groups -OCH3 is 1. The van der Waals surface area contributed by atoms with Crippen LogP contribution in [0.1, 0.15) is 28.4 Å². The molecule has 0 spiro atoms. The van der Waals surface area contributed by atoms with Crippen molar-refractivity contribution in [1.82, 2.24) is 0 Å².